The summed E-state index contributed by atoms with van der Waals surface area (Å²) >= 11 is 0. The number of carbonyl (C=O) groups is 2. The first-order valence-corrected chi connectivity index (χ1v) is 7.85. The number of nitrogens with one attached hydrogen (secondary N) is 1. The zero-order valence-electron chi connectivity index (χ0n) is 13.5. The van der Waals surface area contributed by atoms with Crippen LogP contribution in [-0.4, -0.2) is 16.8 Å². The normalized spacial score (nSPS) is 20.3. The third kappa shape index (κ3) is 2.46. The van der Waals surface area contributed by atoms with Crippen LogP contribution in [0.4, 0.5) is 9.18 Å². The van der Waals surface area contributed by atoms with Crippen LogP contribution >= 0.6 is 0 Å². The highest BCUT2D eigenvalue weighted by Crippen LogP contribution is 2.33. The number of hydrogen-bond acceptors (Lipinski definition) is 3. The van der Waals surface area contributed by atoms with Crippen LogP contribution in [0.15, 0.2) is 59.0 Å². The fourth-order valence-electron chi connectivity index (χ4n) is 3.05. The molecule has 1 aliphatic rings. The Morgan fingerprint density at radius 2 is 1.92 bits per heavy atom. The van der Waals surface area contributed by atoms with Gasteiger partial charge in [0.2, 0.25) is 0 Å². The molecule has 0 radical (unpaired) electrons. The molecule has 1 aliphatic heterocycles. The average Bonchev–Trinajstić information content (AvgIpc) is 3.11. The molecule has 0 spiro atoms. The van der Waals surface area contributed by atoms with E-state index >= 15 is 0 Å². The minimum atomic E-state index is -1.29. The molecule has 1 atom stereocenters. The highest BCUT2D eigenvalue weighted by molar-refractivity contribution is 6.07. The number of fused-ring (bicyclic) bond motifs is 1. The zero-order valence-corrected chi connectivity index (χ0v) is 13.5. The predicted molar refractivity (Wildman–Crippen MR) is 89.0 cm³/mol. The Morgan fingerprint density at radius 3 is 2.68 bits per heavy atom. The molecule has 25 heavy (non-hydrogen) atoms. The summed E-state index contributed by atoms with van der Waals surface area (Å²) < 4.78 is 19.1. The maximum atomic E-state index is 13.4. The lowest BCUT2D eigenvalue weighted by Crippen LogP contribution is -2.40. The lowest BCUT2D eigenvalue weighted by Gasteiger charge is -2.19. The van der Waals surface area contributed by atoms with Gasteiger partial charge in [-0.05, 0) is 36.8 Å². The number of para-hydroxylation sites is 1. The summed E-state index contributed by atoms with van der Waals surface area (Å²) in [4.78, 5) is 26.3. The van der Waals surface area contributed by atoms with E-state index in [2.05, 4.69) is 5.32 Å². The summed E-state index contributed by atoms with van der Waals surface area (Å²) in [5, 5.41) is 3.54. The van der Waals surface area contributed by atoms with E-state index in [0.29, 0.717) is 16.9 Å². The van der Waals surface area contributed by atoms with Gasteiger partial charge in [0.15, 0.2) is 5.54 Å². The van der Waals surface area contributed by atoms with Crippen molar-refractivity contribution in [3.05, 3.63) is 71.7 Å². The minimum Gasteiger partial charge on any atom is -0.458 e. The number of benzene rings is 2. The highest BCUT2D eigenvalue weighted by atomic mass is 19.1. The molecule has 6 heteroatoms. The fraction of sp³-hybridized carbons (Fsp3) is 0.158. The number of carbonyl (C=O) groups excluding carboxylic acids is 2. The third-order valence-corrected chi connectivity index (χ3v) is 4.42. The van der Waals surface area contributed by atoms with Gasteiger partial charge in [-0.1, -0.05) is 30.3 Å². The summed E-state index contributed by atoms with van der Waals surface area (Å²) in [7, 11) is 0. The van der Waals surface area contributed by atoms with Gasteiger partial charge >= 0.3 is 6.03 Å². The summed E-state index contributed by atoms with van der Waals surface area (Å²) in [5.74, 6) is -0.473. The van der Waals surface area contributed by atoms with Crippen molar-refractivity contribution in [3.63, 3.8) is 0 Å². The van der Waals surface area contributed by atoms with Crippen LogP contribution in [0.1, 0.15) is 18.2 Å². The average molecular weight is 338 g/mol. The molecular formula is C19H15FN2O3. The standard InChI is InChI=1S/C19H15FN2O3/c1-19(16-10-13-6-2-3-8-15(13)25-16)17(23)22(18(24)21-19)11-12-5-4-7-14(20)9-12/h2-10H,11H2,1H3,(H,21,24). The Labute approximate surface area is 143 Å². The number of urea groups is 1. The second-order valence-corrected chi connectivity index (χ2v) is 6.22. The Hall–Kier alpha value is -3.15. The smallest absolute Gasteiger partial charge is 0.325 e. The van der Waals surface area contributed by atoms with Crippen molar-refractivity contribution in [1.82, 2.24) is 10.2 Å². The van der Waals surface area contributed by atoms with Crippen LogP contribution in [-0.2, 0) is 16.9 Å². The Balaban J connectivity index is 1.67. The quantitative estimate of drug-likeness (QED) is 0.743. The van der Waals surface area contributed by atoms with Crippen molar-refractivity contribution in [2.75, 3.05) is 0 Å². The van der Waals surface area contributed by atoms with Crippen molar-refractivity contribution >= 4 is 22.9 Å². The monoisotopic (exact) mass is 338 g/mol. The van der Waals surface area contributed by atoms with Gasteiger partial charge in [0.1, 0.15) is 17.2 Å². The first kappa shape index (κ1) is 15.4. The Bertz CT molecular complexity index is 964. The lowest BCUT2D eigenvalue weighted by atomic mass is 9.98. The number of furan rings is 1. The molecule has 5 nitrogen and oxygen atoms in total. The molecule has 1 fully saturated rings. The van der Waals surface area contributed by atoms with Gasteiger partial charge in [0.25, 0.3) is 5.91 Å². The Kier molecular flexibility index (Phi) is 3.35. The number of nitrogens with zero attached hydrogens (tertiary/aromatic N) is 1. The van der Waals surface area contributed by atoms with Gasteiger partial charge in [0, 0.05) is 5.39 Å². The van der Waals surface area contributed by atoms with Crippen molar-refractivity contribution < 1.29 is 18.4 Å². The van der Waals surface area contributed by atoms with Crippen LogP contribution in [0.2, 0.25) is 0 Å². The van der Waals surface area contributed by atoms with E-state index in [9.17, 15) is 14.0 Å². The highest BCUT2D eigenvalue weighted by Gasteiger charge is 2.51. The Morgan fingerprint density at radius 1 is 1.12 bits per heavy atom. The van der Waals surface area contributed by atoms with Gasteiger partial charge in [0.05, 0.1) is 6.54 Å². The summed E-state index contributed by atoms with van der Waals surface area (Å²) in [5.41, 5.74) is -0.106. The molecule has 3 amide bonds. The lowest BCUT2D eigenvalue weighted by molar-refractivity contribution is -0.132. The number of rotatable bonds is 3. The van der Waals surface area contributed by atoms with E-state index in [-0.39, 0.29) is 6.54 Å². The molecule has 0 bridgehead atoms. The van der Waals surface area contributed by atoms with Crippen molar-refractivity contribution in [2.24, 2.45) is 0 Å². The first-order valence-electron chi connectivity index (χ1n) is 7.85. The van der Waals surface area contributed by atoms with Crippen molar-refractivity contribution in [1.29, 1.82) is 0 Å². The van der Waals surface area contributed by atoms with E-state index in [4.69, 9.17) is 4.42 Å². The molecule has 1 saturated heterocycles. The van der Waals surface area contributed by atoms with E-state index in [1.165, 1.54) is 12.1 Å². The van der Waals surface area contributed by atoms with Crippen LogP contribution < -0.4 is 5.32 Å². The molecule has 1 aromatic heterocycles. The van der Waals surface area contributed by atoms with Gasteiger partial charge in [-0.2, -0.15) is 0 Å². The van der Waals surface area contributed by atoms with Gasteiger partial charge in [-0.15, -0.1) is 0 Å². The molecule has 1 N–H and O–H groups in total. The van der Waals surface area contributed by atoms with E-state index in [1.54, 1.807) is 31.2 Å². The minimum absolute atomic E-state index is 0.00174. The number of halogens is 1. The number of amides is 3. The molecule has 2 heterocycles. The number of hydrogen-bond donors (Lipinski definition) is 1. The molecular weight excluding hydrogens is 323 g/mol. The first-order chi connectivity index (χ1) is 12.0. The topological polar surface area (TPSA) is 62.6 Å². The molecule has 2 aromatic carbocycles. The van der Waals surface area contributed by atoms with Gasteiger partial charge < -0.3 is 9.73 Å². The molecule has 126 valence electrons. The van der Waals surface area contributed by atoms with E-state index < -0.39 is 23.3 Å². The number of imide groups is 1. The third-order valence-electron chi connectivity index (χ3n) is 4.42. The van der Waals surface area contributed by atoms with Crippen molar-refractivity contribution in [2.45, 2.75) is 19.0 Å². The fourth-order valence-corrected chi connectivity index (χ4v) is 3.05. The second-order valence-electron chi connectivity index (χ2n) is 6.22. The molecule has 4 rings (SSSR count). The van der Waals surface area contributed by atoms with Crippen LogP contribution in [0, 0.1) is 5.82 Å². The summed E-state index contributed by atoms with van der Waals surface area (Å²) in [6.45, 7) is 1.61. The van der Waals surface area contributed by atoms with Gasteiger partial charge in [-0.25, -0.2) is 9.18 Å². The van der Waals surface area contributed by atoms with E-state index in [0.717, 1.165) is 10.3 Å². The maximum Gasteiger partial charge on any atom is 0.325 e. The zero-order chi connectivity index (χ0) is 17.6. The SMILES string of the molecule is CC1(c2cc3ccccc3o2)NC(=O)N(Cc2cccc(F)c2)C1=O. The summed E-state index contributed by atoms with van der Waals surface area (Å²) in [6, 6.07) is 14.4. The molecule has 3 aromatic rings. The molecule has 1 unspecified atom stereocenters. The molecule has 0 aliphatic carbocycles. The largest absolute Gasteiger partial charge is 0.458 e. The van der Waals surface area contributed by atoms with Crippen LogP contribution in [0.5, 0.6) is 0 Å². The van der Waals surface area contributed by atoms with Crippen LogP contribution in [0.3, 0.4) is 0 Å². The summed E-state index contributed by atoms with van der Waals surface area (Å²) in [6.07, 6.45) is 0. The van der Waals surface area contributed by atoms with E-state index in [1.807, 2.05) is 18.2 Å². The molecule has 0 saturated carbocycles. The van der Waals surface area contributed by atoms with Gasteiger partial charge in [-0.3, -0.25) is 9.69 Å². The second kappa shape index (κ2) is 5.44. The predicted octanol–water partition coefficient (Wildman–Crippen LogP) is 3.54. The van der Waals surface area contributed by atoms with Crippen molar-refractivity contribution in [3.8, 4) is 0 Å². The maximum absolute atomic E-state index is 13.4. The van der Waals surface area contributed by atoms with Crippen LogP contribution in [0.25, 0.3) is 11.0 Å².